The molecule has 2 aromatic rings. The van der Waals surface area contributed by atoms with Crippen LogP contribution in [0, 0.1) is 0 Å². The second kappa shape index (κ2) is 9.32. The minimum atomic E-state index is -3.52. The monoisotopic (exact) mass is 402 g/mol. The van der Waals surface area contributed by atoms with Gasteiger partial charge in [-0.3, -0.25) is 4.79 Å². The van der Waals surface area contributed by atoms with Crippen molar-refractivity contribution in [3.05, 3.63) is 59.7 Å². The largest absolute Gasteiger partial charge is 0.379 e. The number of anilines is 1. The van der Waals surface area contributed by atoms with Gasteiger partial charge >= 0.3 is 0 Å². The van der Waals surface area contributed by atoms with E-state index in [-0.39, 0.29) is 10.8 Å². The summed E-state index contributed by atoms with van der Waals surface area (Å²) >= 11 is 0. The van der Waals surface area contributed by atoms with Gasteiger partial charge in [0.05, 0.1) is 18.1 Å². The number of ether oxygens (including phenoxy) is 1. The first-order valence-electron chi connectivity index (χ1n) is 9.54. The van der Waals surface area contributed by atoms with E-state index in [2.05, 4.69) is 36.5 Å². The van der Waals surface area contributed by atoms with Crippen molar-refractivity contribution in [1.82, 2.24) is 4.31 Å². The van der Waals surface area contributed by atoms with Gasteiger partial charge in [0.15, 0.2) is 0 Å². The molecule has 0 aromatic heterocycles. The number of hydrogen-bond acceptors (Lipinski definition) is 4. The van der Waals surface area contributed by atoms with E-state index in [1.807, 2.05) is 0 Å². The normalized spacial score (nSPS) is 15.3. The number of nitrogens with one attached hydrogen (secondary N) is 1. The molecule has 7 heteroatoms. The van der Waals surface area contributed by atoms with Crippen molar-refractivity contribution in [3.8, 4) is 0 Å². The maximum atomic E-state index is 12.6. The van der Waals surface area contributed by atoms with E-state index in [4.69, 9.17) is 4.74 Å². The van der Waals surface area contributed by atoms with Crippen molar-refractivity contribution in [2.24, 2.45) is 0 Å². The lowest BCUT2D eigenvalue weighted by Crippen LogP contribution is -2.40. The van der Waals surface area contributed by atoms with Gasteiger partial charge in [0.25, 0.3) is 0 Å². The minimum Gasteiger partial charge on any atom is -0.379 e. The number of carbonyl (C=O) groups is 1. The van der Waals surface area contributed by atoms with E-state index in [9.17, 15) is 13.2 Å². The Hall–Kier alpha value is -2.22. The summed E-state index contributed by atoms with van der Waals surface area (Å²) in [5.41, 5.74) is 2.99. The van der Waals surface area contributed by atoms with Crippen LogP contribution in [0.4, 0.5) is 5.69 Å². The molecule has 0 atom stereocenters. The van der Waals surface area contributed by atoms with E-state index in [1.54, 1.807) is 12.1 Å². The van der Waals surface area contributed by atoms with E-state index in [0.717, 1.165) is 12.0 Å². The third-order valence-electron chi connectivity index (χ3n) is 4.82. The number of benzene rings is 2. The molecule has 1 aliphatic rings. The molecule has 6 nitrogen and oxygen atoms in total. The van der Waals surface area contributed by atoms with Crippen molar-refractivity contribution < 1.29 is 17.9 Å². The first-order chi connectivity index (χ1) is 13.5. The fourth-order valence-electron chi connectivity index (χ4n) is 3.07. The maximum Gasteiger partial charge on any atom is 0.243 e. The number of sulfonamides is 1. The highest BCUT2D eigenvalue weighted by atomic mass is 32.2. The molecule has 28 heavy (non-hydrogen) atoms. The lowest BCUT2D eigenvalue weighted by atomic mass is 10.1. The van der Waals surface area contributed by atoms with Crippen LogP contribution in [-0.4, -0.2) is 44.9 Å². The highest BCUT2D eigenvalue weighted by Crippen LogP contribution is 2.19. The number of aryl methyl sites for hydroxylation is 2. The van der Waals surface area contributed by atoms with E-state index in [0.29, 0.717) is 44.8 Å². The fraction of sp³-hybridized carbons (Fsp3) is 0.381. The summed E-state index contributed by atoms with van der Waals surface area (Å²) < 4.78 is 31.8. The number of amides is 1. The van der Waals surface area contributed by atoms with Crippen LogP contribution in [0.5, 0.6) is 0 Å². The molecular weight excluding hydrogens is 376 g/mol. The minimum absolute atomic E-state index is 0.0941. The summed E-state index contributed by atoms with van der Waals surface area (Å²) in [6.45, 7) is 3.66. The van der Waals surface area contributed by atoms with Crippen molar-refractivity contribution in [2.45, 2.75) is 31.1 Å². The summed E-state index contributed by atoms with van der Waals surface area (Å²) in [4.78, 5) is 12.4. The molecule has 1 N–H and O–H groups in total. The van der Waals surface area contributed by atoms with Gasteiger partial charge < -0.3 is 10.1 Å². The lowest BCUT2D eigenvalue weighted by Gasteiger charge is -2.26. The molecule has 1 heterocycles. The van der Waals surface area contributed by atoms with Gasteiger partial charge in [-0.15, -0.1) is 0 Å². The van der Waals surface area contributed by atoms with Crippen molar-refractivity contribution >= 4 is 21.6 Å². The zero-order chi connectivity index (χ0) is 20.0. The smallest absolute Gasteiger partial charge is 0.243 e. The van der Waals surface area contributed by atoms with Crippen LogP contribution in [0.15, 0.2) is 53.4 Å². The zero-order valence-corrected chi connectivity index (χ0v) is 16.9. The molecule has 0 radical (unpaired) electrons. The van der Waals surface area contributed by atoms with Gasteiger partial charge in [-0.2, -0.15) is 4.31 Å². The highest BCUT2D eigenvalue weighted by Gasteiger charge is 2.26. The van der Waals surface area contributed by atoms with Crippen LogP contribution in [-0.2, 0) is 32.4 Å². The quantitative estimate of drug-likeness (QED) is 0.773. The molecule has 2 aromatic carbocycles. The van der Waals surface area contributed by atoms with Gasteiger partial charge in [-0.25, -0.2) is 8.42 Å². The standard InChI is InChI=1S/C21H26N2O4S/c1-2-17-3-5-18(6-4-17)7-12-21(24)22-19-8-10-20(11-9-19)28(25,26)23-13-15-27-16-14-23/h3-6,8-11H,2,7,12-16H2,1H3,(H,22,24). The second-order valence-corrected chi connectivity index (χ2v) is 8.70. The Morgan fingerprint density at radius 1 is 1.00 bits per heavy atom. The Morgan fingerprint density at radius 2 is 1.61 bits per heavy atom. The first kappa shape index (κ1) is 20.5. The van der Waals surface area contributed by atoms with Crippen molar-refractivity contribution in [1.29, 1.82) is 0 Å². The van der Waals surface area contributed by atoms with Crippen LogP contribution in [0.2, 0.25) is 0 Å². The summed E-state index contributed by atoms with van der Waals surface area (Å²) in [6, 6.07) is 14.6. The van der Waals surface area contributed by atoms with Crippen molar-refractivity contribution in [2.75, 3.05) is 31.6 Å². The zero-order valence-electron chi connectivity index (χ0n) is 16.1. The molecule has 1 saturated heterocycles. The van der Waals surface area contributed by atoms with Gasteiger partial charge in [-0.1, -0.05) is 31.2 Å². The summed E-state index contributed by atoms with van der Waals surface area (Å²) in [6.07, 6.45) is 2.04. The molecule has 150 valence electrons. The molecule has 0 bridgehead atoms. The van der Waals surface area contributed by atoms with Crippen LogP contribution in [0.3, 0.4) is 0 Å². The Bertz CT molecular complexity index is 887. The van der Waals surface area contributed by atoms with E-state index in [1.165, 1.54) is 22.0 Å². The number of morpholine rings is 1. The topological polar surface area (TPSA) is 75.7 Å². The number of hydrogen-bond donors (Lipinski definition) is 1. The predicted molar refractivity (Wildman–Crippen MR) is 109 cm³/mol. The third-order valence-corrected chi connectivity index (χ3v) is 6.73. The third kappa shape index (κ3) is 5.19. The summed E-state index contributed by atoms with van der Waals surface area (Å²) in [5.74, 6) is -0.0941. The molecule has 1 aliphatic heterocycles. The average Bonchev–Trinajstić information content (AvgIpc) is 2.73. The molecular formula is C21H26N2O4S. The van der Waals surface area contributed by atoms with Crippen LogP contribution in [0.1, 0.15) is 24.5 Å². The number of nitrogens with zero attached hydrogens (tertiary/aromatic N) is 1. The van der Waals surface area contributed by atoms with E-state index < -0.39 is 10.0 Å². The Labute approximate surface area is 166 Å². The number of carbonyl (C=O) groups excluding carboxylic acids is 1. The molecule has 3 rings (SSSR count). The van der Waals surface area contributed by atoms with Gasteiger partial charge in [0.1, 0.15) is 0 Å². The highest BCUT2D eigenvalue weighted by molar-refractivity contribution is 7.89. The van der Waals surface area contributed by atoms with E-state index >= 15 is 0 Å². The number of rotatable bonds is 7. The van der Waals surface area contributed by atoms with Crippen molar-refractivity contribution in [3.63, 3.8) is 0 Å². The fourth-order valence-corrected chi connectivity index (χ4v) is 4.48. The van der Waals surface area contributed by atoms with Gasteiger partial charge in [0, 0.05) is 25.2 Å². The maximum absolute atomic E-state index is 12.6. The summed E-state index contributed by atoms with van der Waals surface area (Å²) in [7, 11) is -3.52. The van der Waals surface area contributed by atoms with Crippen LogP contribution in [0.25, 0.3) is 0 Å². The summed E-state index contributed by atoms with van der Waals surface area (Å²) in [5, 5.41) is 2.83. The lowest BCUT2D eigenvalue weighted by molar-refractivity contribution is -0.116. The Balaban J connectivity index is 1.55. The Kier molecular flexibility index (Phi) is 6.83. The molecule has 0 saturated carbocycles. The van der Waals surface area contributed by atoms with Crippen LogP contribution >= 0.6 is 0 Å². The van der Waals surface area contributed by atoms with Crippen LogP contribution < -0.4 is 5.32 Å². The molecule has 0 unspecified atom stereocenters. The molecule has 0 spiro atoms. The first-order valence-corrected chi connectivity index (χ1v) is 11.0. The molecule has 1 amide bonds. The average molecular weight is 403 g/mol. The predicted octanol–water partition coefficient (Wildman–Crippen LogP) is 2.84. The second-order valence-electron chi connectivity index (χ2n) is 6.76. The molecule has 0 aliphatic carbocycles. The van der Waals surface area contributed by atoms with Gasteiger partial charge in [-0.05, 0) is 48.2 Å². The Morgan fingerprint density at radius 3 is 2.21 bits per heavy atom. The SMILES string of the molecule is CCc1ccc(CCC(=O)Nc2ccc(S(=O)(=O)N3CCOCC3)cc2)cc1. The van der Waals surface area contributed by atoms with Gasteiger partial charge in [0.2, 0.25) is 15.9 Å². The molecule has 1 fully saturated rings.